The molecule has 1 aliphatic carbocycles. The van der Waals surface area contributed by atoms with E-state index in [0.29, 0.717) is 6.42 Å². The first-order valence-corrected chi connectivity index (χ1v) is 6.90. The number of carbonyl (C=O) groups is 3. The van der Waals surface area contributed by atoms with Crippen LogP contribution in [0.15, 0.2) is 0 Å². The predicted octanol–water partition coefficient (Wildman–Crippen LogP) is 2.05. The van der Waals surface area contributed by atoms with Crippen molar-refractivity contribution in [1.29, 1.82) is 0 Å². The zero-order valence-corrected chi connectivity index (χ0v) is 10.7. The van der Waals surface area contributed by atoms with Gasteiger partial charge in [0.05, 0.1) is 0 Å². The van der Waals surface area contributed by atoms with Crippen molar-refractivity contribution in [1.82, 2.24) is 0 Å². The number of esters is 1. The molecule has 1 aliphatic heterocycles. The zero-order valence-electron chi connectivity index (χ0n) is 10.7. The van der Waals surface area contributed by atoms with Crippen molar-refractivity contribution in [3.05, 3.63) is 0 Å². The van der Waals surface area contributed by atoms with Crippen molar-refractivity contribution in [3.8, 4) is 0 Å². The first-order chi connectivity index (χ1) is 8.68. The monoisotopic (exact) mass is 252 g/mol. The minimum Gasteiger partial charge on any atom is -0.457 e. The topological polar surface area (TPSA) is 60.4 Å². The van der Waals surface area contributed by atoms with E-state index >= 15 is 0 Å². The van der Waals surface area contributed by atoms with Crippen LogP contribution in [-0.2, 0) is 19.1 Å². The van der Waals surface area contributed by atoms with Crippen molar-refractivity contribution in [2.45, 2.75) is 51.4 Å². The molecule has 1 saturated heterocycles. The lowest BCUT2D eigenvalue weighted by Gasteiger charge is -2.21. The minimum atomic E-state index is -1.11. The third kappa shape index (κ3) is 3.18. The Morgan fingerprint density at radius 3 is 2.50 bits per heavy atom. The smallest absolute Gasteiger partial charge is 0.324 e. The molecule has 0 amide bonds. The quantitative estimate of drug-likeness (QED) is 0.555. The molecule has 18 heavy (non-hydrogen) atoms. The number of rotatable bonds is 5. The van der Waals surface area contributed by atoms with E-state index < -0.39 is 11.9 Å². The molecule has 0 bridgehead atoms. The van der Waals surface area contributed by atoms with Gasteiger partial charge in [-0.15, -0.1) is 0 Å². The fourth-order valence-corrected chi connectivity index (χ4v) is 2.94. The maximum atomic E-state index is 11.8. The van der Waals surface area contributed by atoms with Crippen LogP contribution in [0.4, 0.5) is 0 Å². The van der Waals surface area contributed by atoms with E-state index in [9.17, 15) is 14.4 Å². The van der Waals surface area contributed by atoms with Gasteiger partial charge in [-0.2, -0.15) is 0 Å². The molecule has 2 fully saturated rings. The van der Waals surface area contributed by atoms with Gasteiger partial charge in [-0.1, -0.05) is 38.5 Å². The molecule has 2 rings (SSSR count). The molecule has 0 aromatic rings. The number of carbonyl (C=O) groups excluding carboxylic acids is 3. The van der Waals surface area contributed by atoms with Crippen LogP contribution >= 0.6 is 0 Å². The summed E-state index contributed by atoms with van der Waals surface area (Å²) in [6, 6.07) is 0. The number of hydrogen-bond donors (Lipinski definition) is 0. The largest absolute Gasteiger partial charge is 0.457 e. The van der Waals surface area contributed by atoms with E-state index in [1.54, 1.807) is 0 Å². The van der Waals surface area contributed by atoms with Crippen LogP contribution in [0.25, 0.3) is 0 Å². The second kappa shape index (κ2) is 6.12. The van der Waals surface area contributed by atoms with Gasteiger partial charge in [0.2, 0.25) is 0 Å². The second-order valence-corrected chi connectivity index (χ2v) is 5.37. The number of hydrogen-bond acceptors (Lipinski definition) is 4. The number of Topliss-reactive ketones (excluding diaryl/α,β-unsaturated/α-hetero) is 2. The van der Waals surface area contributed by atoms with Crippen LogP contribution in [0.5, 0.6) is 0 Å². The lowest BCUT2D eigenvalue weighted by atomic mass is 9.85. The van der Waals surface area contributed by atoms with Gasteiger partial charge in [0.25, 0.3) is 0 Å². The second-order valence-electron chi connectivity index (χ2n) is 5.37. The normalized spacial score (nSPS) is 25.2. The van der Waals surface area contributed by atoms with Crippen molar-refractivity contribution in [3.63, 3.8) is 0 Å². The van der Waals surface area contributed by atoms with Gasteiger partial charge in [-0.25, -0.2) is 0 Å². The zero-order chi connectivity index (χ0) is 13.0. The summed E-state index contributed by atoms with van der Waals surface area (Å²) >= 11 is 0. The number of ketones is 2. The summed E-state index contributed by atoms with van der Waals surface area (Å²) < 4.78 is 4.59. The van der Waals surface area contributed by atoms with Crippen molar-refractivity contribution in [2.24, 2.45) is 11.8 Å². The highest BCUT2D eigenvalue weighted by Gasteiger charge is 2.40. The minimum absolute atomic E-state index is 0.224. The van der Waals surface area contributed by atoms with Crippen LogP contribution in [0.1, 0.15) is 51.4 Å². The lowest BCUT2D eigenvalue weighted by molar-refractivity contribution is -0.144. The Bertz CT molecular complexity index is 326. The molecule has 1 saturated carbocycles. The average molecular weight is 252 g/mol. The Hall–Kier alpha value is -1.19. The lowest BCUT2D eigenvalue weighted by Crippen LogP contribution is -2.25. The molecule has 0 aromatic carbocycles. The molecule has 1 atom stereocenters. The highest BCUT2D eigenvalue weighted by atomic mass is 16.5. The van der Waals surface area contributed by atoms with E-state index in [-0.39, 0.29) is 18.2 Å². The maximum absolute atomic E-state index is 11.8. The molecule has 4 heteroatoms. The highest BCUT2D eigenvalue weighted by molar-refractivity contribution is 6.20. The fraction of sp³-hybridized carbons (Fsp3) is 0.786. The third-order valence-electron chi connectivity index (χ3n) is 4.00. The molecule has 2 aliphatic rings. The maximum Gasteiger partial charge on any atom is 0.324 e. The van der Waals surface area contributed by atoms with Crippen LogP contribution in [0, 0.1) is 11.8 Å². The Kier molecular flexibility index (Phi) is 4.50. The average Bonchev–Trinajstić information content (AvgIpc) is 2.70. The SMILES string of the molecule is O=C(CCCC1CCCCC1)C1C(=O)COC1=O. The van der Waals surface area contributed by atoms with E-state index in [0.717, 1.165) is 18.8 Å². The summed E-state index contributed by atoms with van der Waals surface area (Å²) in [4.78, 5) is 34.3. The number of ether oxygens (including phenoxy) is 1. The standard InChI is InChI=1S/C14H20O4/c15-11(13-12(16)9-18-14(13)17)8-4-7-10-5-2-1-3-6-10/h10,13H,1-9H2. The van der Waals surface area contributed by atoms with Crippen LogP contribution < -0.4 is 0 Å². The van der Waals surface area contributed by atoms with Gasteiger partial charge in [-0.3, -0.25) is 14.4 Å². The van der Waals surface area contributed by atoms with Crippen molar-refractivity contribution in [2.75, 3.05) is 6.61 Å². The summed E-state index contributed by atoms with van der Waals surface area (Å²) in [5.41, 5.74) is 0. The fourth-order valence-electron chi connectivity index (χ4n) is 2.94. The summed E-state index contributed by atoms with van der Waals surface area (Å²) in [5.74, 6) is -1.65. The summed E-state index contributed by atoms with van der Waals surface area (Å²) in [7, 11) is 0. The first kappa shape index (κ1) is 13.2. The van der Waals surface area contributed by atoms with E-state index in [1.165, 1.54) is 32.1 Å². The van der Waals surface area contributed by atoms with E-state index in [1.807, 2.05) is 0 Å². The van der Waals surface area contributed by atoms with Crippen LogP contribution in [0.3, 0.4) is 0 Å². The van der Waals surface area contributed by atoms with Gasteiger partial charge in [0.15, 0.2) is 24.1 Å². The Labute approximate surface area is 107 Å². The van der Waals surface area contributed by atoms with Gasteiger partial charge in [-0.05, 0) is 12.3 Å². The van der Waals surface area contributed by atoms with Gasteiger partial charge in [0, 0.05) is 6.42 Å². The van der Waals surface area contributed by atoms with Crippen molar-refractivity contribution >= 4 is 17.5 Å². The molecule has 0 spiro atoms. The molecule has 0 aromatic heterocycles. The summed E-state index contributed by atoms with van der Waals surface area (Å²) in [5, 5.41) is 0. The molecular weight excluding hydrogens is 232 g/mol. The molecular formula is C14H20O4. The molecule has 4 nitrogen and oxygen atoms in total. The Balaban J connectivity index is 1.71. The Morgan fingerprint density at radius 1 is 1.17 bits per heavy atom. The van der Waals surface area contributed by atoms with Gasteiger partial charge < -0.3 is 4.74 Å². The molecule has 0 radical (unpaired) electrons. The molecule has 1 unspecified atom stereocenters. The predicted molar refractivity (Wildman–Crippen MR) is 64.9 cm³/mol. The number of cyclic esters (lactones) is 1. The molecule has 0 N–H and O–H groups in total. The van der Waals surface area contributed by atoms with Gasteiger partial charge >= 0.3 is 5.97 Å². The molecule has 100 valence electrons. The van der Waals surface area contributed by atoms with Gasteiger partial charge in [0.1, 0.15) is 0 Å². The van der Waals surface area contributed by atoms with E-state index in [2.05, 4.69) is 4.74 Å². The molecule has 1 heterocycles. The first-order valence-electron chi connectivity index (χ1n) is 6.90. The summed E-state index contributed by atoms with van der Waals surface area (Å²) in [6.07, 6.45) is 8.62. The third-order valence-corrected chi connectivity index (χ3v) is 4.00. The van der Waals surface area contributed by atoms with Crippen LogP contribution in [-0.4, -0.2) is 24.1 Å². The Morgan fingerprint density at radius 2 is 1.89 bits per heavy atom. The van der Waals surface area contributed by atoms with Crippen molar-refractivity contribution < 1.29 is 19.1 Å². The van der Waals surface area contributed by atoms with Crippen LogP contribution in [0.2, 0.25) is 0 Å². The highest BCUT2D eigenvalue weighted by Crippen LogP contribution is 2.28. The van der Waals surface area contributed by atoms with E-state index in [4.69, 9.17) is 0 Å². The summed E-state index contributed by atoms with van der Waals surface area (Å²) in [6.45, 7) is -0.224.